The molecule has 0 heterocycles. The zero-order chi connectivity index (χ0) is 40.0. The number of fused-ring (bicyclic) bond motifs is 4. The Morgan fingerprint density at radius 2 is 1.00 bits per heavy atom. The number of nitrogens with zero attached hydrogens (tertiary/aromatic N) is 1. The second kappa shape index (κ2) is 13.7. The first kappa shape index (κ1) is 35.7. The second-order valence-electron chi connectivity index (χ2n) is 19.2. The summed E-state index contributed by atoms with van der Waals surface area (Å²) < 4.78 is 0. The summed E-state index contributed by atoms with van der Waals surface area (Å²) in [6.07, 6.45) is 8.61. The fourth-order valence-corrected chi connectivity index (χ4v) is 12.8. The van der Waals surface area contributed by atoms with Crippen LogP contribution in [0.15, 0.2) is 182 Å². The Morgan fingerprint density at radius 3 is 1.77 bits per heavy atom. The van der Waals surface area contributed by atoms with Crippen LogP contribution < -0.4 is 4.90 Å². The van der Waals surface area contributed by atoms with Crippen molar-refractivity contribution in [3.05, 3.63) is 199 Å². The third-order valence-electron chi connectivity index (χ3n) is 15.2. The van der Waals surface area contributed by atoms with Gasteiger partial charge in [0.05, 0.1) is 11.4 Å². The summed E-state index contributed by atoms with van der Waals surface area (Å²) in [5.74, 6) is 2.82. The van der Waals surface area contributed by atoms with E-state index >= 15 is 0 Å². The third-order valence-corrected chi connectivity index (χ3v) is 15.2. The molecule has 0 aromatic heterocycles. The van der Waals surface area contributed by atoms with Crippen molar-refractivity contribution in [1.82, 2.24) is 0 Å². The van der Waals surface area contributed by atoms with E-state index in [9.17, 15) is 0 Å². The van der Waals surface area contributed by atoms with Crippen molar-refractivity contribution in [1.29, 1.82) is 0 Å². The van der Waals surface area contributed by atoms with E-state index in [1.165, 1.54) is 116 Å². The molecule has 4 fully saturated rings. The van der Waals surface area contributed by atoms with E-state index < -0.39 is 0 Å². The molecule has 1 heteroatoms. The van der Waals surface area contributed by atoms with Gasteiger partial charge in [0.1, 0.15) is 0 Å². The van der Waals surface area contributed by atoms with Crippen LogP contribution >= 0.6 is 0 Å². The minimum atomic E-state index is -0.116. The lowest BCUT2D eigenvalue weighted by Crippen LogP contribution is -2.48. The smallest absolute Gasteiger partial charge is 0.0543 e. The van der Waals surface area contributed by atoms with E-state index in [0.29, 0.717) is 5.41 Å². The van der Waals surface area contributed by atoms with E-state index in [2.05, 4.69) is 201 Å². The molecule has 0 saturated heterocycles. The van der Waals surface area contributed by atoms with Crippen LogP contribution in [-0.2, 0) is 10.8 Å². The fraction of sp³-hybridized carbons (Fsp3) is 0.220. The lowest BCUT2D eigenvalue weighted by Gasteiger charge is -2.57. The number of anilines is 3. The predicted octanol–water partition coefficient (Wildman–Crippen LogP) is 16.1. The zero-order valence-corrected chi connectivity index (χ0v) is 34.7. The van der Waals surface area contributed by atoms with Crippen molar-refractivity contribution in [3.8, 4) is 44.5 Å². The van der Waals surface area contributed by atoms with Gasteiger partial charge in [-0.3, -0.25) is 0 Å². The van der Waals surface area contributed by atoms with Gasteiger partial charge in [-0.25, -0.2) is 0 Å². The van der Waals surface area contributed by atoms with Crippen molar-refractivity contribution < 1.29 is 0 Å². The van der Waals surface area contributed by atoms with Gasteiger partial charge in [-0.2, -0.15) is 0 Å². The van der Waals surface area contributed by atoms with Gasteiger partial charge in [-0.15, -0.1) is 0 Å². The van der Waals surface area contributed by atoms with E-state index in [4.69, 9.17) is 0 Å². The van der Waals surface area contributed by atoms with Crippen LogP contribution in [0, 0.1) is 17.8 Å². The standard InChI is InChI=1S/C59H51N/c1-58(2)53-19-9-8-17-51(53)57-54(58)20-11-21-56(57)60(48-29-24-43(25-30-48)42-12-4-3-5-13-42)55-31-26-46(35-52(55)50-18-10-15-45-14-6-7-16-49(45)50)44-22-27-47(28-23-44)59-36-39-32-40(37-59)34-41(33-39)38-59/h3-31,35,39-41H,32-34,36-38H2,1-2H3. The summed E-state index contributed by atoms with van der Waals surface area (Å²) in [4.78, 5) is 2.54. The zero-order valence-electron chi connectivity index (χ0n) is 34.7. The molecule has 5 aliphatic rings. The maximum absolute atomic E-state index is 2.54. The van der Waals surface area contributed by atoms with E-state index in [0.717, 1.165) is 23.4 Å². The Labute approximate surface area is 355 Å². The summed E-state index contributed by atoms with van der Waals surface area (Å²) in [6, 6.07) is 68.7. The van der Waals surface area contributed by atoms with Gasteiger partial charge in [0, 0.05) is 22.2 Å². The Balaban J connectivity index is 1.06. The highest BCUT2D eigenvalue weighted by Crippen LogP contribution is 2.61. The maximum atomic E-state index is 2.54. The quantitative estimate of drug-likeness (QED) is 0.156. The SMILES string of the molecule is CC1(C)c2ccccc2-c2c(N(c3ccc(-c4ccccc4)cc3)c3ccc(-c4ccc(C56CC7CC(CC(C7)C5)C6)cc4)cc3-c3cccc4ccccc34)cccc21. The highest BCUT2D eigenvalue weighted by atomic mass is 15.1. The van der Waals surface area contributed by atoms with Crippen LogP contribution in [0.3, 0.4) is 0 Å². The van der Waals surface area contributed by atoms with E-state index in [1.54, 1.807) is 5.56 Å². The van der Waals surface area contributed by atoms with Crippen LogP contribution in [-0.4, -0.2) is 0 Å². The minimum absolute atomic E-state index is 0.116. The molecule has 8 aromatic carbocycles. The first-order valence-corrected chi connectivity index (χ1v) is 22.3. The molecule has 0 unspecified atom stereocenters. The van der Waals surface area contributed by atoms with Crippen molar-refractivity contribution in [3.63, 3.8) is 0 Å². The lowest BCUT2D eigenvalue weighted by atomic mass is 9.48. The summed E-state index contributed by atoms with van der Waals surface area (Å²) >= 11 is 0. The van der Waals surface area contributed by atoms with E-state index in [1.807, 2.05) is 0 Å². The molecule has 5 aliphatic carbocycles. The molecular weight excluding hydrogens is 723 g/mol. The molecular formula is C59H51N. The van der Waals surface area contributed by atoms with Crippen molar-refractivity contribution in [2.24, 2.45) is 17.8 Å². The molecule has 0 N–H and O–H groups in total. The maximum Gasteiger partial charge on any atom is 0.0543 e. The highest BCUT2D eigenvalue weighted by Gasteiger charge is 2.51. The minimum Gasteiger partial charge on any atom is -0.309 e. The molecule has 1 nitrogen and oxygen atoms in total. The van der Waals surface area contributed by atoms with Crippen LogP contribution in [0.25, 0.3) is 55.3 Å². The second-order valence-corrected chi connectivity index (χ2v) is 19.2. The largest absolute Gasteiger partial charge is 0.309 e. The van der Waals surface area contributed by atoms with Crippen molar-refractivity contribution in [2.75, 3.05) is 4.90 Å². The highest BCUT2D eigenvalue weighted by molar-refractivity contribution is 6.04. The number of hydrogen-bond acceptors (Lipinski definition) is 1. The molecule has 4 bridgehead atoms. The van der Waals surface area contributed by atoms with Gasteiger partial charge < -0.3 is 4.90 Å². The van der Waals surface area contributed by atoms with Gasteiger partial charge in [0.25, 0.3) is 0 Å². The number of hydrogen-bond donors (Lipinski definition) is 0. The summed E-state index contributed by atoms with van der Waals surface area (Å²) in [6.45, 7) is 4.76. The third kappa shape index (κ3) is 5.66. The van der Waals surface area contributed by atoms with Crippen LogP contribution in [0.5, 0.6) is 0 Å². The Hall–Kier alpha value is -6.18. The molecule has 4 saturated carbocycles. The molecule has 0 radical (unpaired) electrons. The molecule has 0 atom stereocenters. The van der Waals surface area contributed by atoms with Crippen molar-refractivity contribution >= 4 is 27.8 Å². The predicted molar refractivity (Wildman–Crippen MR) is 252 cm³/mol. The fourth-order valence-electron chi connectivity index (χ4n) is 12.8. The van der Waals surface area contributed by atoms with Crippen molar-refractivity contribution in [2.45, 2.75) is 63.2 Å². The van der Waals surface area contributed by atoms with Gasteiger partial charge in [-0.05, 0) is 153 Å². The molecule has 60 heavy (non-hydrogen) atoms. The molecule has 0 amide bonds. The Morgan fingerprint density at radius 1 is 0.433 bits per heavy atom. The van der Waals surface area contributed by atoms with Crippen LogP contribution in [0.4, 0.5) is 17.1 Å². The summed E-state index contributed by atoms with van der Waals surface area (Å²) in [5, 5.41) is 2.51. The normalized spacial score (nSPS) is 21.8. The topological polar surface area (TPSA) is 3.24 Å². The Kier molecular flexibility index (Phi) is 8.15. The van der Waals surface area contributed by atoms with E-state index in [-0.39, 0.29) is 5.41 Å². The van der Waals surface area contributed by atoms with Gasteiger partial charge in [0.15, 0.2) is 0 Å². The van der Waals surface area contributed by atoms with Gasteiger partial charge in [-0.1, -0.05) is 166 Å². The average Bonchev–Trinajstić information content (AvgIpc) is 3.53. The van der Waals surface area contributed by atoms with Crippen LogP contribution in [0.2, 0.25) is 0 Å². The Bertz CT molecular complexity index is 2880. The lowest BCUT2D eigenvalue weighted by molar-refractivity contribution is -0.00518. The molecule has 8 aromatic rings. The first-order valence-electron chi connectivity index (χ1n) is 22.3. The number of rotatable bonds is 7. The number of benzene rings is 8. The molecule has 13 rings (SSSR count). The summed E-state index contributed by atoms with van der Waals surface area (Å²) in [7, 11) is 0. The average molecular weight is 774 g/mol. The monoisotopic (exact) mass is 773 g/mol. The van der Waals surface area contributed by atoms with Crippen LogP contribution in [0.1, 0.15) is 69.1 Å². The molecule has 292 valence electrons. The first-order chi connectivity index (χ1) is 29.4. The van der Waals surface area contributed by atoms with Gasteiger partial charge >= 0.3 is 0 Å². The molecule has 0 spiro atoms. The summed E-state index contributed by atoms with van der Waals surface area (Å²) in [5.41, 5.74) is 18.2. The molecule has 0 aliphatic heterocycles. The van der Waals surface area contributed by atoms with Gasteiger partial charge in [0.2, 0.25) is 0 Å².